The van der Waals surface area contributed by atoms with Gasteiger partial charge in [0.05, 0.1) is 14.2 Å². The number of pyridine rings is 1. The Hall–Kier alpha value is -3.68. The lowest BCUT2D eigenvalue weighted by Crippen LogP contribution is -1.94. The molecule has 0 amide bonds. The van der Waals surface area contributed by atoms with E-state index in [4.69, 9.17) is 14.0 Å². The maximum absolute atomic E-state index is 5.39. The lowest BCUT2D eigenvalue weighted by Gasteiger charge is -2.05. The highest BCUT2D eigenvalue weighted by Crippen LogP contribution is 2.30. The minimum Gasteiger partial charge on any atom is -0.497 e. The summed E-state index contributed by atoms with van der Waals surface area (Å²) in [6, 6.07) is 9.13. The fourth-order valence-corrected chi connectivity index (χ4v) is 2.45. The van der Waals surface area contributed by atoms with Crippen molar-refractivity contribution in [2.75, 3.05) is 14.2 Å². The molecule has 0 spiro atoms. The molecule has 0 aliphatic heterocycles. The van der Waals surface area contributed by atoms with Crippen LogP contribution in [0.3, 0.4) is 0 Å². The molecule has 130 valence electrons. The predicted molar refractivity (Wildman–Crippen MR) is 93.2 cm³/mol. The van der Waals surface area contributed by atoms with Crippen LogP contribution in [0.2, 0.25) is 0 Å². The zero-order chi connectivity index (χ0) is 17.9. The van der Waals surface area contributed by atoms with Gasteiger partial charge < -0.3 is 14.0 Å². The molecule has 0 aliphatic carbocycles. The van der Waals surface area contributed by atoms with Crippen molar-refractivity contribution >= 4 is 0 Å². The van der Waals surface area contributed by atoms with Gasteiger partial charge in [-0.2, -0.15) is 4.98 Å². The van der Waals surface area contributed by atoms with Crippen LogP contribution in [0.5, 0.6) is 11.5 Å². The van der Waals surface area contributed by atoms with Gasteiger partial charge in [-0.3, -0.25) is 4.57 Å². The van der Waals surface area contributed by atoms with E-state index in [1.54, 1.807) is 51.1 Å². The van der Waals surface area contributed by atoms with Gasteiger partial charge in [-0.05, 0) is 24.3 Å². The third kappa shape index (κ3) is 3.00. The first-order chi connectivity index (χ1) is 12.8. The number of hydrogen-bond donors (Lipinski definition) is 0. The Morgan fingerprint density at radius 2 is 1.81 bits per heavy atom. The van der Waals surface area contributed by atoms with Gasteiger partial charge in [-0.25, -0.2) is 9.97 Å². The molecule has 0 radical (unpaired) electrons. The van der Waals surface area contributed by atoms with Gasteiger partial charge in [0, 0.05) is 35.8 Å². The van der Waals surface area contributed by atoms with Crippen LogP contribution in [0.15, 0.2) is 59.8 Å². The second-order valence-electron chi connectivity index (χ2n) is 5.40. The van der Waals surface area contributed by atoms with E-state index in [0.717, 1.165) is 11.4 Å². The number of rotatable bonds is 5. The summed E-state index contributed by atoms with van der Waals surface area (Å²) in [6.45, 7) is 0. The van der Waals surface area contributed by atoms with E-state index in [2.05, 4.69) is 20.1 Å². The molecule has 0 aliphatic rings. The Balaban J connectivity index is 1.64. The minimum absolute atomic E-state index is 0.371. The molecule has 1 aromatic carbocycles. The first-order valence-corrected chi connectivity index (χ1v) is 7.79. The minimum atomic E-state index is 0.371. The SMILES string of the molecule is COc1cc(OC)cc(-c2nc(-c3ccc(-n4ccnc4)nc3)no2)c1. The Morgan fingerprint density at radius 3 is 2.42 bits per heavy atom. The van der Waals surface area contributed by atoms with Crippen LogP contribution in [-0.4, -0.2) is 38.9 Å². The average Bonchev–Trinajstić information content (AvgIpc) is 3.40. The monoisotopic (exact) mass is 349 g/mol. The molecule has 3 heterocycles. The molecule has 0 saturated carbocycles. The Labute approximate surface area is 149 Å². The molecule has 3 aromatic heterocycles. The molecule has 26 heavy (non-hydrogen) atoms. The topological polar surface area (TPSA) is 88.1 Å². The van der Waals surface area contributed by atoms with Gasteiger partial charge in [0.2, 0.25) is 5.82 Å². The smallest absolute Gasteiger partial charge is 0.258 e. The molecule has 0 N–H and O–H groups in total. The summed E-state index contributed by atoms with van der Waals surface area (Å²) in [7, 11) is 3.18. The fourth-order valence-electron chi connectivity index (χ4n) is 2.45. The summed E-state index contributed by atoms with van der Waals surface area (Å²) in [4.78, 5) is 12.8. The second kappa shape index (κ2) is 6.67. The van der Waals surface area contributed by atoms with Crippen LogP contribution in [0, 0.1) is 0 Å². The molecular weight excluding hydrogens is 334 g/mol. The highest BCUT2D eigenvalue weighted by atomic mass is 16.5. The first kappa shape index (κ1) is 15.8. The largest absolute Gasteiger partial charge is 0.497 e. The maximum atomic E-state index is 5.39. The Kier molecular flexibility index (Phi) is 4.06. The van der Waals surface area contributed by atoms with Gasteiger partial charge in [-0.1, -0.05) is 5.16 Å². The van der Waals surface area contributed by atoms with E-state index in [1.165, 1.54) is 0 Å². The number of aromatic nitrogens is 5. The Morgan fingerprint density at radius 1 is 1.00 bits per heavy atom. The van der Waals surface area contributed by atoms with E-state index in [1.807, 2.05) is 22.9 Å². The molecule has 0 saturated heterocycles. The maximum Gasteiger partial charge on any atom is 0.258 e. The van der Waals surface area contributed by atoms with Crippen LogP contribution < -0.4 is 9.47 Å². The van der Waals surface area contributed by atoms with E-state index in [-0.39, 0.29) is 0 Å². The lowest BCUT2D eigenvalue weighted by molar-refractivity contribution is 0.393. The van der Waals surface area contributed by atoms with Gasteiger partial charge in [0.15, 0.2) is 0 Å². The molecule has 4 rings (SSSR count). The van der Waals surface area contributed by atoms with Crippen LogP contribution in [0.1, 0.15) is 0 Å². The van der Waals surface area contributed by atoms with Crippen LogP contribution in [0.4, 0.5) is 0 Å². The summed E-state index contributed by atoms with van der Waals surface area (Å²) in [5.41, 5.74) is 1.46. The van der Waals surface area contributed by atoms with Crippen LogP contribution in [-0.2, 0) is 0 Å². The van der Waals surface area contributed by atoms with E-state index >= 15 is 0 Å². The zero-order valence-electron chi connectivity index (χ0n) is 14.2. The number of methoxy groups -OCH3 is 2. The van der Waals surface area contributed by atoms with Gasteiger partial charge >= 0.3 is 0 Å². The van der Waals surface area contributed by atoms with Crippen molar-refractivity contribution in [1.82, 2.24) is 24.7 Å². The van der Waals surface area contributed by atoms with Gasteiger partial charge in [0.25, 0.3) is 5.89 Å². The first-order valence-electron chi connectivity index (χ1n) is 7.79. The van der Waals surface area contributed by atoms with Crippen molar-refractivity contribution in [2.45, 2.75) is 0 Å². The van der Waals surface area contributed by atoms with Gasteiger partial charge in [0.1, 0.15) is 23.6 Å². The third-order valence-electron chi connectivity index (χ3n) is 3.80. The number of benzene rings is 1. The molecule has 0 atom stereocenters. The number of nitrogens with zero attached hydrogens (tertiary/aromatic N) is 5. The highest BCUT2D eigenvalue weighted by molar-refractivity contribution is 5.62. The van der Waals surface area contributed by atoms with Crippen LogP contribution >= 0.6 is 0 Å². The predicted octanol–water partition coefficient (Wildman–Crippen LogP) is 3.00. The third-order valence-corrected chi connectivity index (χ3v) is 3.80. The van der Waals surface area contributed by atoms with E-state index in [0.29, 0.717) is 28.8 Å². The standard InChI is InChI=1S/C18H15N5O3/c1-24-14-7-13(8-15(9-14)25-2)18-21-17(22-26-18)12-3-4-16(20-10-12)23-6-5-19-11-23/h3-11H,1-2H3. The summed E-state index contributed by atoms with van der Waals surface area (Å²) in [6.07, 6.45) is 6.90. The molecule has 8 nitrogen and oxygen atoms in total. The van der Waals surface area contributed by atoms with Crippen molar-refractivity contribution in [2.24, 2.45) is 0 Å². The molecular formula is C18H15N5O3. The zero-order valence-corrected chi connectivity index (χ0v) is 14.2. The molecule has 0 bridgehead atoms. The summed E-state index contributed by atoms with van der Waals surface area (Å²) < 4.78 is 17.7. The molecule has 4 aromatic rings. The number of imidazole rings is 1. The number of ether oxygens (including phenoxy) is 2. The quantitative estimate of drug-likeness (QED) is 0.547. The van der Waals surface area contributed by atoms with Crippen molar-refractivity contribution < 1.29 is 14.0 Å². The van der Waals surface area contributed by atoms with Crippen LogP contribution in [0.25, 0.3) is 28.7 Å². The highest BCUT2D eigenvalue weighted by Gasteiger charge is 2.13. The Bertz CT molecular complexity index is 988. The summed E-state index contributed by atoms with van der Waals surface area (Å²) >= 11 is 0. The molecule has 0 unspecified atom stereocenters. The molecule has 0 fully saturated rings. The summed E-state index contributed by atoms with van der Waals surface area (Å²) in [5.74, 6) is 2.87. The van der Waals surface area contributed by atoms with Crippen molar-refractivity contribution in [1.29, 1.82) is 0 Å². The molecule has 8 heteroatoms. The lowest BCUT2D eigenvalue weighted by atomic mass is 10.2. The average molecular weight is 349 g/mol. The normalized spacial score (nSPS) is 10.7. The fraction of sp³-hybridized carbons (Fsp3) is 0.111. The van der Waals surface area contributed by atoms with Crippen molar-refractivity contribution in [3.8, 4) is 40.2 Å². The summed E-state index contributed by atoms with van der Waals surface area (Å²) in [5, 5.41) is 4.04. The van der Waals surface area contributed by atoms with Crippen molar-refractivity contribution in [3.63, 3.8) is 0 Å². The van der Waals surface area contributed by atoms with Gasteiger partial charge in [-0.15, -0.1) is 0 Å². The van der Waals surface area contributed by atoms with E-state index in [9.17, 15) is 0 Å². The number of hydrogen-bond acceptors (Lipinski definition) is 7. The van der Waals surface area contributed by atoms with Crippen molar-refractivity contribution in [3.05, 3.63) is 55.2 Å². The van der Waals surface area contributed by atoms with E-state index < -0.39 is 0 Å². The second-order valence-corrected chi connectivity index (χ2v) is 5.40.